The van der Waals surface area contributed by atoms with Crippen molar-refractivity contribution in [1.82, 2.24) is 35.4 Å². The lowest BCUT2D eigenvalue weighted by atomic mass is 9.77. The molecule has 0 spiro atoms. The zero-order valence-electron chi connectivity index (χ0n) is 45.6. The van der Waals surface area contributed by atoms with Gasteiger partial charge in [0.05, 0.1) is 16.6 Å². The maximum Gasteiger partial charge on any atom is 0.356 e. The van der Waals surface area contributed by atoms with Crippen LogP contribution in [-0.2, 0) is 52.9 Å². The molecule has 2 aliphatic rings. The number of anilines is 1. The molecule has 420 valence electrons. The largest absolute Gasteiger partial charge is 0.448 e. The minimum absolute atomic E-state index is 0.115. The summed E-state index contributed by atoms with van der Waals surface area (Å²) >= 11 is 2.43. The molecule has 15 nitrogen and oxygen atoms in total. The Morgan fingerprint density at radius 2 is 1.14 bits per heavy atom. The number of carbonyl (C=O) groups excluding carboxylic acids is 3. The number of thioether (sulfide) groups is 1. The number of aryl methyl sites for hydroxylation is 1. The molecular weight excluding hydrogens is 1120 g/mol. The van der Waals surface area contributed by atoms with Gasteiger partial charge in [-0.25, -0.2) is 14.5 Å². The van der Waals surface area contributed by atoms with Gasteiger partial charge in [0.15, 0.2) is 16.9 Å². The number of allylic oxidation sites excluding steroid dienone is 1. The van der Waals surface area contributed by atoms with E-state index in [1.807, 2.05) is 206 Å². The van der Waals surface area contributed by atoms with Crippen LogP contribution in [0.5, 0.6) is 0 Å². The van der Waals surface area contributed by atoms with Gasteiger partial charge < -0.3 is 20.2 Å². The number of nitrogens with zero attached hydrogens (tertiary/aromatic N) is 7. The third-order valence-electron chi connectivity index (χ3n) is 14.8. The van der Waals surface area contributed by atoms with Crippen molar-refractivity contribution in [2.45, 2.75) is 33.8 Å². The molecule has 2 aromatic heterocycles. The molecular formula is C67H53N9O6S3. The second-order valence-electron chi connectivity index (χ2n) is 19.9. The molecule has 2 N–H and O–H groups in total. The summed E-state index contributed by atoms with van der Waals surface area (Å²) in [6.45, 7) is 0. The Bertz CT molecular complexity index is 3850. The van der Waals surface area contributed by atoms with Crippen LogP contribution in [0.2, 0.25) is 0 Å². The lowest BCUT2D eigenvalue weighted by Gasteiger charge is -2.49. The number of benzene rings is 8. The summed E-state index contributed by atoms with van der Waals surface area (Å²) in [5.74, 6) is -2.56. The van der Waals surface area contributed by atoms with Crippen molar-refractivity contribution in [3.8, 4) is 0 Å². The van der Waals surface area contributed by atoms with Crippen molar-refractivity contribution in [2.24, 2.45) is 12.2 Å². The minimum Gasteiger partial charge on any atom is -0.448 e. The van der Waals surface area contributed by atoms with E-state index >= 15 is 9.59 Å². The first-order valence-corrected chi connectivity index (χ1v) is 30.3. The maximum absolute atomic E-state index is 15.6. The van der Waals surface area contributed by atoms with Gasteiger partial charge in [-0.3, -0.25) is 18.7 Å². The summed E-state index contributed by atoms with van der Waals surface area (Å²) in [7, 11) is -0.194. The van der Waals surface area contributed by atoms with Crippen LogP contribution in [0.1, 0.15) is 56.3 Å². The molecule has 12 rings (SSSR count). The van der Waals surface area contributed by atoms with Crippen molar-refractivity contribution in [3.63, 3.8) is 0 Å². The molecule has 10 aromatic rings. The fourth-order valence-electron chi connectivity index (χ4n) is 10.8. The number of aromatic nitrogens is 5. The Balaban J connectivity index is 0.947. The van der Waals surface area contributed by atoms with E-state index in [2.05, 4.69) is 62.6 Å². The molecule has 0 aliphatic carbocycles. The highest BCUT2D eigenvalue weighted by Gasteiger charge is 2.58. The fourth-order valence-corrected chi connectivity index (χ4v) is 13.8. The first kappa shape index (κ1) is 55.6. The number of tetrazole rings is 1. The lowest BCUT2D eigenvalue weighted by molar-refractivity contribution is -0.154. The predicted molar refractivity (Wildman–Crippen MR) is 329 cm³/mol. The summed E-state index contributed by atoms with van der Waals surface area (Å²) in [6, 6.07) is 76.1. The van der Waals surface area contributed by atoms with Crippen molar-refractivity contribution in [3.05, 3.63) is 321 Å². The van der Waals surface area contributed by atoms with Crippen LogP contribution in [0.25, 0.3) is 0 Å². The number of nitrogens with one attached hydrogen (secondary N) is 2. The molecule has 18 heteroatoms. The number of rotatable bonds is 20. The molecule has 1 saturated heterocycles. The Morgan fingerprint density at radius 1 is 0.682 bits per heavy atom. The van der Waals surface area contributed by atoms with E-state index in [0.29, 0.717) is 38.1 Å². The number of carbonyl (C=O) groups is 3. The van der Waals surface area contributed by atoms with Crippen LogP contribution in [0.15, 0.2) is 281 Å². The van der Waals surface area contributed by atoms with E-state index in [9.17, 15) is 9.00 Å². The second kappa shape index (κ2) is 24.9. The lowest BCUT2D eigenvalue weighted by Crippen LogP contribution is -2.74. The van der Waals surface area contributed by atoms with Crippen molar-refractivity contribution >= 4 is 62.5 Å². The van der Waals surface area contributed by atoms with Crippen LogP contribution < -0.4 is 10.6 Å². The topological polar surface area (TPSA) is 183 Å². The van der Waals surface area contributed by atoms with Crippen LogP contribution in [0.4, 0.5) is 5.13 Å². The number of β-lactam (4-membered cyclic amide) rings is 1. The summed E-state index contributed by atoms with van der Waals surface area (Å²) in [6.07, 6.45) is 0.730. The van der Waals surface area contributed by atoms with E-state index in [-0.39, 0.29) is 28.4 Å². The first-order valence-electron chi connectivity index (χ1n) is 27.2. The van der Waals surface area contributed by atoms with Crippen LogP contribution in [0, 0.1) is 0 Å². The highest BCUT2D eigenvalue weighted by molar-refractivity contribution is 8.02. The average Bonchev–Trinajstić information content (AvgIpc) is 1.33. The molecule has 0 saturated carbocycles. The van der Waals surface area contributed by atoms with Gasteiger partial charge in [0.25, 0.3) is 11.8 Å². The number of hydrogen-bond acceptors (Lipinski definition) is 14. The van der Waals surface area contributed by atoms with E-state index in [0.717, 1.165) is 16.7 Å². The summed E-state index contributed by atoms with van der Waals surface area (Å²) in [5, 5.41) is 26.3. The van der Waals surface area contributed by atoms with Gasteiger partial charge in [-0.15, -0.1) is 16.4 Å². The van der Waals surface area contributed by atoms with Crippen molar-refractivity contribution in [2.75, 3.05) is 11.1 Å². The second-order valence-corrected chi connectivity index (χ2v) is 23.1. The van der Waals surface area contributed by atoms with E-state index < -0.39 is 57.2 Å². The van der Waals surface area contributed by atoms with Crippen LogP contribution in [-0.4, -0.2) is 75.0 Å². The van der Waals surface area contributed by atoms with Crippen molar-refractivity contribution < 1.29 is 28.2 Å². The Kier molecular flexibility index (Phi) is 16.3. The number of amides is 2. The minimum atomic E-state index is -1.88. The van der Waals surface area contributed by atoms with E-state index in [1.165, 1.54) is 32.7 Å². The number of oxime groups is 1. The fraction of sp³-hybridized carbons (Fsp3) is 0.104. The molecule has 3 atom stereocenters. The van der Waals surface area contributed by atoms with Crippen LogP contribution >= 0.6 is 23.1 Å². The number of ether oxygens (including phenoxy) is 1. The Hall–Kier alpha value is -9.88. The molecule has 4 heterocycles. The number of esters is 1. The number of hydrogen-bond donors (Lipinski definition) is 2. The normalized spacial score (nSPS) is 16.2. The Morgan fingerprint density at radius 3 is 1.60 bits per heavy atom. The molecule has 8 aromatic carbocycles. The van der Waals surface area contributed by atoms with Gasteiger partial charge in [0.2, 0.25) is 10.8 Å². The molecule has 0 radical (unpaired) electrons. The molecule has 3 unspecified atom stereocenters. The zero-order valence-corrected chi connectivity index (χ0v) is 48.0. The van der Waals surface area contributed by atoms with E-state index in [1.54, 1.807) is 23.9 Å². The average molecular weight is 1180 g/mol. The van der Waals surface area contributed by atoms with Crippen molar-refractivity contribution in [1.29, 1.82) is 0 Å². The summed E-state index contributed by atoms with van der Waals surface area (Å²) < 4.78 is 22.7. The zero-order chi connectivity index (χ0) is 58.2. The maximum atomic E-state index is 15.6. The standard InChI is InChI=1S/C67H53N9O6S3/c1-75-65(71-73-74-75)83-43-42-48-45-85(80)62-57(61(78)76(62)58(48)63(79)81-59(46-26-10-2-11-27-46)47-28-12-3-13-29-47)69-60(77)56(72-82-67(52-36-20-7-21-37-52,53-38-22-8-23-39-53)54-40-24-9-25-41-54)55-44-84-64(68-55)70-66(49-30-14-4-15-31-49,50-32-16-5-17-33-50)51-34-18-6-19-35-51/h2-44,57,59,62H,45H2,1H3,(H,68,70)(H,69,77). The smallest absolute Gasteiger partial charge is 0.356 e. The SMILES string of the molecule is Cn1nnnc1SC=CC1=C(C(=O)OC(c2ccccc2)c2ccccc2)N2C(=O)C(NC(=O)C(=NOC(c3ccccc3)(c3ccccc3)c3ccccc3)c3csc(NC(c4ccccc4)(c4ccccc4)c4ccccc4)n3)C2S(=O)C1. The molecule has 0 bridgehead atoms. The van der Waals surface area contributed by atoms with Gasteiger partial charge in [0.1, 0.15) is 28.3 Å². The third kappa shape index (κ3) is 11.1. The molecule has 2 aliphatic heterocycles. The van der Waals surface area contributed by atoms with E-state index in [4.69, 9.17) is 19.7 Å². The Labute approximate surface area is 501 Å². The quantitative estimate of drug-likeness (QED) is 0.0184. The van der Waals surface area contributed by atoms with Gasteiger partial charge in [0, 0.05) is 29.1 Å². The van der Waals surface area contributed by atoms with Gasteiger partial charge in [-0.1, -0.05) is 260 Å². The van der Waals surface area contributed by atoms with Gasteiger partial charge in [-0.2, -0.15) is 0 Å². The molecule has 1 fully saturated rings. The highest BCUT2D eigenvalue weighted by Crippen LogP contribution is 2.44. The van der Waals surface area contributed by atoms with Gasteiger partial charge in [-0.05, 0) is 55.3 Å². The van der Waals surface area contributed by atoms with Gasteiger partial charge >= 0.3 is 5.97 Å². The third-order valence-corrected chi connectivity index (χ3v) is 18.0. The molecule has 85 heavy (non-hydrogen) atoms. The number of thiazole rings is 1. The predicted octanol–water partition coefficient (Wildman–Crippen LogP) is 11.1. The number of fused-ring (bicyclic) bond motifs is 1. The first-order chi connectivity index (χ1) is 41.7. The summed E-state index contributed by atoms with van der Waals surface area (Å²) in [5.41, 5.74) is 3.87. The summed E-state index contributed by atoms with van der Waals surface area (Å²) in [4.78, 5) is 59.0. The van der Waals surface area contributed by atoms with Crippen LogP contribution in [0.3, 0.4) is 0 Å². The molecule has 2 amide bonds. The monoisotopic (exact) mass is 1180 g/mol. The highest BCUT2D eigenvalue weighted by atomic mass is 32.2.